The number of hydrogen-bond donors (Lipinski definition) is 2. The standard InChI is InChI=1S/C14H21N3O/c1-3-4-7-17(2)13-8-10-5-6-14(18)16-12(10)9-11(13)15/h8-9H,3-7,15H2,1-2H3,(H,16,18). The molecule has 0 fully saturated rings. The van der Waals surface area contributed by atoms with E-state index in [1.165, 1.54) is 12.0 Å². The van der Waals surface area contributed by atoms with Gasteiger partial charge in [0, 0.05) is 25.7 Å². The number of fused-ring (bicyclic) bond motifs is 1. The lowest BCUT2D eigenvalue weighted by atomic mass is 10.0. The van der Waals surface area contributed by atoms with E-state index in [0.717, 1.165) is 36.4 Å². The lowest BCUT2D eigenvalue weighted by Crippen LogP contribution is -2.23. The van der Waals surface area contributed by atoms with E-state index in [1.54, 1.807) is 0 Å². The second-order valence-corrected chi connectivity index (χ2v) is 4.89. The molecule has 0 atom stereocenters. The van der Waals surface area contributed by atoms with E-state index in [-0.39, 0.29) is 5.91 Å². The van der Waals surface area contributed by atoms with Crippen LogP contribution >= 0.6 is 0 Å². The molecule has 4 heteroatoms. The van der Waals surface area contributed by atoms with Gasteiger partial charge in [-0.1, -0.05) is 13.3 Å². The average Bonchev–Trinajstić information content (AvgIpc) is 2.35. The number of carbonyl (C=O) groups excluding carboxylic acids is 1. The van der Waals surface area contributed by atoms with Gasteiger partial charge in [-0.05, 0) is 30.5 Å². The number of unbranched alkanes of at least 4 members (excludes halogenated alkanes) is 1. The second-order valence-electron chi connectivity index (χ2n) is 4.89. The summed E-state index contributed by atoms with van der Waals surface area (Å²) < 4.78 is 0. The van der Waals surface area contributed by atoms with Crippen LogP contribution in [0.2, 0.25) is 0 Å². The van der Waals surface area contributed by atoms with Crippen molar-refractivity contribution in [3.63, 3.8) is 0 Å². The van der Waals surface area contributed by atoms with Gasteiger partial charge < -0.3 is 16.0 Å². The number of amides is 1. The van der Waals surface area contributed by atoms with Crippen LogP contribution in [0.5, 0.6) is 0 Å². The number of hydrogen-bond acceptors (Lipinski definition) is 3. The maximum atomic E-state index is 11.3. The first kappa shape index (κ1) is 12.7. The van der Waals surface area contributed by atoms with Gasteiger partial charge in [-0.3, -0.25) is 4.79 Å². The summed E-state index contributed by atoms with van der Waals surface area (Å²) in [5, 5.41) is 2.87. The molecule has 1 aromatic rings. The highest BCUT2D eigenvalue weighted by Crippen LogP contribution is 2.32. The van der Waals surface area contributed by atoms with Crippen LogP contribution in [0.25, 0.3) is 0 Å². The maximum Gasteiger partial charge on any atom is 0.224 e. The number of rotatable bonds is 4. The van der Waals surface area contributed by atoms with Gasteiger partial charge in [-0.25, -0.2) is 0 Å². The summed E-state index contributed by atoms with van der Waals surface area (Å²) in [7, 11) is 2.06. The Labute approximate surface area is 108 Å². The lowest BCUT2D eigenvalue weighted by Gasteiger charge is -2.25. The largest absolute Gasteiger partial charge is 0.397 e. The zero-order chi connectivity index (χ0) is 13.1. The first-order valence-electron chi connectivity index (χ1n) is 6.55. The fourth-order valence-electron chi connectivity index (χ4n) is 2.28. The van der Waals surface area contributed by atoms with Crippen molar-refractivity contribution in [3.8, 4) is 0 Å². The van der Waals surface area contributed by atoms with E-state index in [2.05, 4.69) is 30.3 Å². The molecule has 18 heavy (non-hydrogen) atoms. The van der Waals surface area contributed by atoms with Crippen LogP contribution in [-0.2, 0) is 11.2 Å². The minimum atomic E-state index is 0.0778. The van der Waals surface area contributed by atoms with Crippen molar-refractivity contribution in [1.29, 1.82) is 0 Å². The summed E-state index contributed by atoms with van der Waals surface area (Å²) in [6.45, 7) is 3.19. The molecule has 0 saturated heterocycles. The van der Waals surface area contributed by atoms with Gasteiger partial charge in [0.2, 0.25) is 5.91 Å². The highest BCUT2D eigenvalue weighted by Gasteiger charge is 2.17. The monoisotopic (exact) mass is 247 g/mol. The highest BCUT2D eigenvalue weighted by atomic mass is 16.1. The van der Waals surface area contributed by atoms with Gasteiger partial charge in [0.05, 0.1) is 11.4 Å². The van der Waals surface area contributed by atoms with Crippen LogP contribution in [-0.4, -0.2) is 19.5 Å². The molecule has 0 aromatic heterocycles. The summed E-state index contributed by atoms with van der Waals surface area (Å²) in [5.74, 6) is 0.0778. The molecule has 4 nitrogen and oxygen atoms in total. The Bertz CT molecular complexity index is 457. The van der Waals surface area contributed by atoms with Gasteiger partial charge >= 0.3 is 0 Å². The summed E-state index contributed by atoms with van der Waals surface area (Å²) in [6, 6.07) is 3.99. The topological polar surface area (TPSA) is 58.4 Å². The maximum absolute atomic E-state index is 11.3. The third-order valence-corrected chi connectivity index (χ3v) is 3.41. The van der Waals surface area contributed by atoms with Crippen molar-refractivity contribution in [2.75, 3.05) is 29.5 Å². The molecule has 1 amide bonds. The predicted octanol–water partition coefficient (Wildman–Crippen LogP) is 2.39. The molecule has 0 saturated carbocycles. The van der Waals surface area contributed by atoms with E-state index in [0.29, 0.717) is 6.42 Å². The Hall–Kier alpha value is -1.71. The van der Waals surface area contributed by atoms with Crippen LogP contribution in [0.4, 0.5) is 17.1 Å². The molecule has 0 bridgehead atoms. The number of nitrogens with two attached hydrogens (primary N) is 1. The van der Waals surface area contributed by atoms with Crippen molar-refractivity contribution in [1.82, 2.24) is 0 Å². The van der Waals surface area contributed by atoms with Crippen LogP contribution < -0.4 is 16.0 Å². The molecule has 0 aliphatic carbocycles. The van der Waals surface area contributed by atoms with Crippen molar-refractivity contribution in [2.24, 2.45) is 0 Å². The summed E-state index contributed by atoms with van der Waals surface area (Å²) in [4.78, 5) is 13.5. The molecule has 2 rings (SSSR count). The van der Waals surface area contributed by atoms with Gasteiger partial charge in [0.25, 0.3) is 0 Å². The van der Waals surface area contributed by atoms with E-state index >= 15 is 0 Å². The van der Waals surface area contributed by atoms with Gasteiger partial charge in [-0.2, -0.15) is 0 Å². The van der Waals surface area contributed by atoms with Crippen LogP contribution in [0.3, 0.4) is 0 Å². The molecular formula is C14H21N3O. The molecule has 1 aliphatic heterocycles. The number of aryl methyl sites for hydroxylation is 1. The number of benzene rings is 1. The molecular weight excluding hydrogens is 226 g/mol. The Kier molecular flexibility index (Phi) is 3.75. The SMILES string of the molecule is CCCCN(C)c1cc2c(cc1N)NC(=O)CC2. The Balaban J connectivity index is 2.24. The first-order chi connectivity index (χ1) is 8.61. The van der Waals surface area contributed by atoms with Gasteiger partial charge in [-0.15, -0.1) is 0 Å². The van der Waals surface area contributed by atoms with E-state index < -0.39 is 0 Å². The minimum Gasteiger partial charge on any atom is -0.397 e. The van der Waals surface area contributed by atoms with Crippen LogP contribution in [0.1, 0.15) is 31.7 Å². The zero-order valence-corrected chi connectivity index (χ0v) is 11.1. The number of carbonyl (C=O) groups is 1. The normalized spacial score (nSPS) is 14.0. The number of nitrogens with one attached hydrogen (secondary N) is 1. The molecule has 98 valence electrons. The zero-order valence-electron chi connectivity index (χ0n) is 11.1. The molecule has 0 radical (unpaired) electrons. The van der Waals surface area contributed by atoms with E-state index in [4.69, 9.17) is 5.73 Å². The third kappa shape index (κ3) is 2.58. The predicted molar refractivity (Wildman–Crippen MR) is 76.0 cm³/mol. The molecule has 0 spiro atoms. The van der Waals surface area contributed by atoms with E-state index in [1.807, 2.05) is 6.07 Å². The molecule has 3 N–H and O–H groups in total. The Morgan fingerprint density at radius 3 is 2.89 bits per heavy atom. The highest BCUT2D eigenvalue weighted by molar-refractivity contribution is 5.95. The number of nitrogens with zero attached hydrogens (tertiary/aromatic N) is 1. The van der Waals surface area contributed by atoms with Crippen molar-refractivity contribution in [3.05, 3.63) is 17.7 Å². The fraction of sp³-hybridized carbons (Fsp3) is 0.500. The summed E-state index contributed by atoms with van der Waals surface area (Å²) in [5.41, 5.74) is 9.92. The Morgan fingerprint density at radius 1 is 1.39 bits per heavy atom. The van der Waals surface area contributed by atoms with Gasteiger partial charge in [0.1, 0.15) is 0 Å². The quantitative estimate of drug-likeness (QED) is 0.803. The molecule has 1 aliphatic rings. The van der Waals surface area contributed by atoms with Crippen molar-refractivity contribution >= 4 is 23.0 Å². The van der Waals surface area contributed by atoms with Crippen LogP contribution in [0.15, 0.2) is 12.1 Å². The number of anilines is 3. The first-order valence-corrected chi connectivity index (χ1v) is 6.55. The smallest absolute Gasteiger partial charge is 0.224 e. The molecule has 0 unspecified atom stereocenters. The van der Waals surface area contributed by atoms with Crippen LogP contribution in [0, 0.1) is 0 Å². The summed E-state index contributed by atoms with van der Waals surface area (Å²) in [6.07, 6.45) is 3.69. The number of nitrogen functional groups attached to an aromatic ring is 1. The molecule has 1 aromatic carbocycles. The summed E-state index contributed by atoms with van der Waals surface area (Å²) >= 11 is 0. The van der Waals surface area contributed by atoms with E-state index in [9.17, 15) is 4.79 Å². The van der Waals surface area contributed by atoms with Crippen molar-refractivity contribution in [2.45, 2.75) is 32.6 Å². The Morgan fingerprint density at radius 2 is 2.17 bits per heavy atom. The van der Waals surface area contributed by atoms with Gasteiger partial charge in [0.15, 0.2) is 0 Å². The second kappa shape index (κ2) is 5.29. The molecule has 1 heterocycles. The lowest BCUT2D eigenvalue weighted by molar-refractivity contribution is -0.116. The van der Waals surface area contributed by atoms with Crippen molar-refractivity contribution < 1.29 is 4.79 Å². The minimum absolute atomic E-state index is 0.0778. The fourth-order valence-corrected chi connectivity index (χ4v) is 2.28. The average molecular weight is 247 g/mol. The third-order valence-electron chi connectivity index (χ3n) is 3.41.